The fourth-order valence-corrected chi connectivity index (χ4v) is 3.47. The second-order valence-corrected chi connectivity index (χ2v) is 6.47. The highest BCUT2D eigenvalue weighted by atomic mass is 16.5. The lowest BCUT2D eigenvalue weighted by molar-refractivity contribution is -0.139. The maximum atomic E-state index is 12.8. The van der Waals surface area contributed by atoms with Crippen LogP contribution in [0.3, 0.4) is 0 Å². The Morgan fingerprint density at radius 2 is 1.71 bits per heavy atom. The molecule has 1 heterocycles. The molecule has 0 aliphatic carbocycles. The molecule has 1 N–H and O–H groups in total. The first-order chi connectivity index (χ1) is 13.5. The van der Waals surface area contributed by atoms with E-state index in [0.29, 0.717) is 30.0 Å². The third-order valence-corrected chi connectivity index (χ3v) is 4.78. The molecule has 28 heavy (non-hydrogen) atoms. The van der Waals surface area contributed by atoms with Crippen LogP contribution in [0.15, 0.2) is 54.1 Å². The molecule has 1 fully saturated rings. The average Bonchev–Trinajstić information content (AvgIpc) is 2.98. The van der Waals surface area contributed by atoms with Gasteiger partial charge in [0.25, 0.3) is 11.7 Å². The van der Waals surface area contributed by atoms with Crippen molar-refractivity contribution in [3.05, 3.63) is 65.2 Å². The number of aliphatic hydroxyl groups is 1. The Morgan fingerprint density at radius 3 is 2.32 bits per heavy atom. The molecule has 6 heteroatoms. The summed E-state index contributed by atoms with van der Waals surface area (Å²) in [4.78, 5) is 27.0. The highest BCUT2D eigenvalue weighted by Crippen LogP contribution is 2.40. The van der Waals surface area contributed by atoms with Crippen molar-refractivity contribution in [2.45, 2.75) is 19.4 Å². The van der Waals surface area contributed by atoms with Crippen LogP contribution in [-0.4, -0.2) is 42.5 Å². The number of Topliss-reactive ketones (excluding diaryl/α,β-unsaturated/α-hetero) is 1. The van der Waals surface area contributed by atoms with Gasteiger partial charge in [0.05, 0.1) is 25.8 Å². The first-order valence-corrected chi connectivity index (χ1v) is 9.09. The van der Waals surface area contributed by atoms with Crippen LogP contribution in [0.4, 0.5) is 0 Å². The van der Waals surface area contributed by atoms with E-state index in [1.165, 1.54) is 19.1 Å². The van der Waals surface area contributed by atoms with Crippen molar-refractivity contribution in [1.29, 1.82) is 0 Å². The molecule has 1 saturated heterocycles. The Labute approximate surface area is 164 Å². The molecule has 3 rings (SSSR count). The SMILES string of the molecule is CCCN1C(=O)C(=O)/C(=C(\O)c2ccc(OC)c(OC)c2)C1c1ccccc1. The van der Waals surface area contributed by atoms with Crippen molar-refractivity contribution < 1.29 is 24.2 Å². The maximum Gasteiger partial charge on any atom is 0.295 e. The summed E-state index contributed by atoms with van der Waals surface area (Å²) < 4.78 is 10.5. The number of hydrogen-bond acceptors (Lipinski definition) is 5. The minimum atomic E-state index is -0.686. The van der Waals surface area contributed by atoms with Crippen LogP contribution in [0.5, 0.6) is 11.5 Å². The van der Waals surface area contributed by atoms with Gasteiger partial charge in [0.15, 0.2) is 11.5 Å². The van der Waals surface area contributed by atoms with Crippen LogP contribution >= 0.6 is 0 Å². The standard InChI is InChI=1S/C22H23NO5/c1-4-12-23-19(14-8-6-5-7-9-14)18(21(25)22(23)26)20(24)15-10-11-16(27-2)17(13-15)28-3/h5-11,13,19,24H,4,12H2,1-3H3/b20-18-. The molecule has 1 aliphatic rings. The molecular formula is C22H23NO5. The number of hydrogen-bond donors (Lipinski definition) is 1. The summed E-state index contributed by atoms with van der Waals surface area (Å²) in [5, 5.41) is 11.0. The van der Waals surface area contributed by atoms with Gasteiger partial charge in [-0.25, -0.2) is 0 Å². The van der Waals surface area contributed by atoms with E-state index in [-0.39, 0.29) is 11.3 Å². The molecule has 0 bridgehead atoms. The number of rotatable bonds is 6. The lowest BCUT2D eigenvalue weighted by Gasteiger charge is -2.24. The Morgan fingerprint density at radius 1 is 1.04 bits per heavy atom. The summed E-state index contributed by atoms with van der Waals surface area (Å²) in [6, 6.07) is 13.5. The van der Waals surface area contributed by atoms with Crippen molar-refractivity contribution in [3.63, 3.8) is 0 Å². The maximum absolute atomic E-state index is 12.8. The fraction of sp³-hybridized carbons (Fsp3) is 0.273. The third kappa shape index (κ3) is 3.33. The zero-order valence-corrected chi connectivity index (χ0v) is 16.1. The zero-order valence-electron chi connectivity index (χ0n) is 16.1. The largest absolute Gasteiger partial charge is 0.507 e. The molecule has 1 amide bonds. The third-order valence-electron chi connectivity index (χ3n) is 4.78. The summed E-state index contributed by atoms with van der Waals surface area (Å²) in [7, 11) is 3.01. The Hall–Kier alpha value is -3.28. The molecular weight excluding hydrogens is 358 g/mol. The summed E-state index contributed by atoms with van der Waals surface area (Å²) in [5.74, 6) is -0.588. The van der Waals surface area contributed by atoms with Crippen LogP contribution in [0.25, 0.3) is 5.76 Å². The van der Waals surface area contributed by atoms with Gasteiger partial charge in [-0.15, -0.1) is 0 Å². The number of carbonyl (C=O) groups excluding carboxylic acids is 2. The molecule has 6 nitrogen and oxygen atoms in total. The molecule has 1 aliphatic heterocycles. The van der Waals surface area contributed by atoms with Gasteiger partial charge in [0.1, 0.15) is 5.76 Å². The van der Waals surface area contributed by atoms with Gasteiger partial charge in [-0.2, -0.15) is 0 Å². The van der Waals surface area contributed by atoms with E-state index in [4.69, 9.17) is 9.47 Å². The monoisotopic (exact) mass is 381 g/mol. The van der Waals surface area contributed by atoms with Crippen molar-refractivity contribution in [1.82, 2.24) is 4.90 Å². The van der Waals surface area contributed by atoms with Crippen LogP contribution in [0.1, 0.15) is 30.5 Å². The summed E-state index contributed by atoms with van der Waals surface area (Å²) in [6.07, 6.45) is 0.701. The number of carbonyl (C=O) groups is 2. The van der Waals surface area contributed by atoms with Gasteiger partial charge in [-0.3, -0.25) is 9.59 Å². The van der Waals surface area contributed by atoms with Crippen molar-refractivity contribution in [2.24, 2.45) is 0 Å². The van der Waals surface area contributed by atoms with Gasteiger partial charge in [0.2, 0.25) is 0 Å². The number of nitrogens with zero attached hydrogens (tertiary/aromatic N) is 1. The van der Waals surface area contributed by atoms with E-state index >= 15 is 0 Å². The number of amides is 1. The van der Waals surface area contributed by atoms with Crippen molar-refractivity contribution >= 4 is 17.4 Å². The van der Waals surface area contributed by atoms with E-state index in [0.717, 1.165) is 5.56 Å². The minimum Gasteiger partial charge on any atom is -0.507 e. The topological polar surface area (TPSA) is 76.1 Å². The quantitative estimate of drug-likeness (QED) is 0.471. The first kappa shape index (κ1) is 19.5. The molecule has 0 saturated carbocycles. The lowest BCUT2D eigenvalue weighted by atomic mass is 9.95. The van der Waals surface area contributed by atoms with Gasteiger partial charge in [-0.1, -0.05) is 37.3 Å². The van der Waals surface area contributed by atoms with E-state index in [1.54, 1.807) is 18.2 Å². The number of likely N-dealkylation sites (tertiary alicyclic amines) is 1. The Bertz CT molecular complexity index is 920. The van der Waals surface area contributed by atoms with Gasteiger partial charge in [-0.05, 0) is 30.2 Å². The number of ether oxygens (including phenoxy) is 2. The van der Waals surface area contributed by atoms with Crippen molar-refractivity contribution in [3.8, 4) is 11.5 Å². The summed E-state index contributed by atoms with van der Waals surface area (Å²) in [6.45, 7) is 2.36. The van der Waals surface area contributed by atoms with E-state index in [1.807, 2.05) is 37.3 Å². The molecule has 2 aromatic carbocycles. The minimum absolute atomic E-state index is 0.0804. The second kappa shape index (κ2) is 8.17. The van der Waals surface area contributed by atoms with E-state index in [9.17, 15) is 14.7 Å². The first-order valence-electron chi connectivity index (χ1n) is 9.09. The van der Waals surface area contributed by atoms with Crippen LogP contribution in [0.2, 0.25) is 0 Å². The average molecular weight is 381 g/mol. The molecule has 1 atom stereocenters. The Balaban J connectivity index is 2.18. The smallest absolute Gasteiger partial charge is 0.295 e. The number of methoxy groups -OCH3 is 2. The lowest BCUT2D eigenvalue weighted by Crippen LogP contribution is -2.30. The second-order valence-electron chi connectivity index (χ2n) is 6.47. The fourth-order valence-electron chi connectivity index (χ4n) is 3.47. The van der Waals surface area contributed by atoms with E-state index < -0.39 is 17.7 Å². The van der Waals surface area contributed by atoms with E-state index in [2.05, 4.69) is 0 Å². The molecule has 0 spiro atoms. The number of benzene rings is 2. The predicted molar refractivity (Wildman–Crippen MR) is 105 cm³/mol. The highest BCUT2D eigenvalue weighted by Gasteiger charge is 2.45. The molecule has 0 radical (unpaired) electrons. The summed E-state index contributed by atoms with van der Waals surface area (Å²) in [5.41, 5.74) is 1.24. The van der Waals surface area contributed by atoms with Crippen LogP contribution in [0, 0.1) is 0 Å². The van der Waals surface area contributed by atoms with Crippen LogP contribution in [-0.2, 0) is 9.59 Å². The predicted octanol–water partition coefficient (Wildman–Crippen LogP) is 3.54. The van der Waals surface area contributed by atoms with Gasteiger partial charge >= 0.3 is 0 Å². The Kier molecular flexibility index (Phi) is 5.68. The number of aliphatic hydroxyl groups excluding tert-OH is 1. The van der Waals surface area contributed by atoms with Crippen molar-refractivity contribution in [2.75, 3.05) is 20.8 Å². The summed E-state index contributed by atoms with van der Waals surface area (Å²) >= 11 is 0. The van der Waals surface area contributed by atoms with Crippen LogP contribution < -0.4 is 9.47 Å². The normalized spacial score (nSPS) is 18.4. The van der Waals surface area contributed by atoms with Gasteiger partial charge in [0, 0.05) is 12.1 Å². The number of ketones is 1. The molecule has 1 unspecified atom stereocenters. The molecule has 146 valence electrons. The highest BCUT2D eigenvalue weighted by molar-refractivity contribution is 6.46. The molecule has 0 aromatic heterocycles. The molecule has 2 aromatic rings. The van der Waals surface area contributed by atoms with Gasteiger partial charge < -0.3 is 19.5 Å². The zero-order chi connectivity index (χ0) is 20.3.